The van der Waals surface area contributed by atoms with Crippen molar-refractivity contribution < 1.29 is 14.3 Å². The number of nitrogens with zero attached hydrogens (tertiary/aromatic N) is 2. The number of amides is 2. The van der Waals surface area contributed by atoms with Crippen LogP contribution in [0.3, 0.4) is 0 Å². The van der Waals surface area contributed by atoms with Crippen molar-refractivity contribution in [3.8, 4) is 0 Å². The van der Waals surface area contributed by atoms with Gasteiger partial charge in [0.05, 0.1) is 18.9 Å². The topological polar surface area (TPSA) is 49.9 Å². The first kappa shape index (κ1) is 14.8. The molecule has 2 heterocycles. The highest BCUT2D eigenvalue weighted by atomic mass is 127. The van der Waals surface area contributed by atoms with Gasteiger partial charge in [-0.15, -0.1) is 0 Å². The third-order valence-electron chi connectivity index (χ3n) is 3.43. The monoisotopic (exact) mass is 418 g/mol. The van der Waals surface area contributed by atoms with Crippen LogP contribution in [0.2, 0.25) is 0 Å². The van der Waals surface area contributed by atoms with Gasteiger partial charge in [0.1, 0.15) is 10.7 Å². The van der Waals surface area contributed by atoms with Gasteiger partial charge in [-0.25, -0.2) is 4.90 Å². The van der Waals surface area contributed by atoms with E-state index in [1.807, 2.05) is 17.0 Å². The number of morpholine rings is 1. The molecule has 1 aromatic rings. The van der Waals surface area contributed by atoms with Crippen LogP contribution in [0.25, 0.3) is 0 Å². The number of halogens is 2. The average Bonchev–Trinajstić information content (AvgIpc) is 2.71. The minimum atomic E-state index is -0.465. The molecule has 1 aromatic carbocycles. The van der Waals surface area contributed by atoms with Crippen molar-refractivity contribution in [2.45, 2.75) is 0 Å². The number of benzene rings is 1. The normalized spacial score (nSPS) is 19.7. The third kappa shape index (κ3) is 2.56. The van der Waals surface area contributed by atoms with E-state index in [2.05, 4.69) is 22.6 Å². The maximum atomic E-state index is 12.7. The Kier molecular flexibility index (Phi) is 4.19. The van der Waals surface area contributed by atoms with Gasteiger partial charge in [0.25, 0.3) is 11.8 Å². The van der Waals surface area contributed by atoms with Crippen LogP contribution in [0, 0.1) is 3.57 Å². The molecule has 2 aliphatic heterocycles. The molecule has 1 fully saturated rings. The molecule has 3 rings (SSSR count). The Morgan fingerprint density at radius 1 is 1.10 bits per heavy atom. The van der Waals surface area contributed by atoms with Gasteiger partial charge in [0, 0.05) is 16.7 Å². The van der Waals surface area contributed by atoms with Crippen molar-refractivity contribution in [3.05, 3.63) is 38.6 Å². The Bertz CT molecular complexity index is 641. The summed E-state index contributed by atoms with van der Waals surface area (Å²) in [7, 11) is 0. The SMILES string of the molecule is O=C1C(Cl)=C(N2CCOCC2)C(=O)N1c1ccccc1I. The molecule has 0 spiro atoms. The van der Waals surface area contributed by atoms with Gasteiger partial charge in [-0.1, -0.05) is 23.7 Å². The van der Waals surface area contributed by atoms with E-state index in [4.69, 9.17) is 16.3 Å². The van der Waals surface area contributed by atoms with Crippen LogP contribution >= 0.6 is 34.2 Å². The Hall–Kier alpha value is -1.12. The van der Waals surface area contributed by atoms with Crippen molar-refractivity contribution in [1.82, 2.24) is 4.90 Å². The summed E-state index contributed by atoms with van der Waals surface area (Å²) in [5.41, 5.74) is 0.846. The van der Waals surface area contributed by atoms with Crippen LogP contribution in [0.1, 0.15) is 0 Å². The lowest BCUT2D eigenvalue weighted by Gasteiger charge is -2.29. The van der Waals surface area contributed by atoms with E-state index in [0.717, 1.165) is 8.47 Å². The van der Waals surface area contributed by atoms with Crippen LogP contribution in [0.4, 0.5) is 5.69 Å². The largest absolute Gasteiger partial charge is 0.378 e. The summed E-state index contributed by atoms with van der Waals surface area (Å²) in [5.74, 6) is -0.830. The quantitative estimate of drug-likeness (QED) is 0.544. The summed E-state index contributed by atoms with van der Waals surface area (Å²) in [5, 5.41) is -0.0125. The van der Waals surface area contributed by atoms with Crippen molar-refractivity contribution in [3.63, 3.8) is 0 Å². The van der Waals surface area contributed by atoms with Gasteiger partial charge in [-0.2, -0.15) is 0 Å². The predicted molar refractivity (Wildman–Crippen MR) is 86.9 cm³/mol. The van der Waals surface area contributed by atoms with Crippen LogP contribution in [0.15, 0.2) is 35.0 Å². The minimum absolute atomic E-state index is 0.0125. The number of hydrogen-bond donors (Lipinski definition) is 0. The number of carbonyl (C=O) groups excluding carboxylic acids is 2. The molecule has 5 nitrogen and oxygen atoms in total. The van der Waals surface area contributed by atoms with Crippen molar-refractivity contribution in [2.75, 3.05) is 31.2 Å². The molecule has 110 valence electrons. The van der Waals surface area contributed by atoms with Gasteiger partial charge in [0.15, 0.2) is 0 Å². The molecule has 0 bridgehead atoms. The molecule has 0 aromatic heterocycles. The summed E-state index contributed by atoms with van der Waals surface area (Å²) >= 11 is 8.23. The molecule has 2 aliphatic rings. The standard InChI is InChI=1S/C14H12ClIN2O3/c15-11-12(17-5-7-21-8-6-17)14(20)18(13(11)19)10-4-2-1-3-9(10)16/h1-4H,5-8H2. The average molecular weight is 419 g/mol. The molecular weight excluding hydrogens is 407 g/mol. The second kappa shape index (κ2) is 5.94. The van der Waals surface area contributed by atoms with E-state index >= 15 is 0 Å². The number of carbonyl (C=O) groups is 2. The minimum Gasteiger partial charge on any atom is -0.378 e. The van der Waals surface area contributed by atoms with Crippen molar-refractivity contribution in [2.24, 2.45) is 0 Å². The highest BCUT2D eigenvalue weighted by molar-refractivity contribution is 14.1. The molecule has 0 saturated carbocycles. The number of ether oxygens (including phenoxy) is 1. The molecule has 7 heteroatoms. The number of para-hydroxylation sites is 1. The van der Waals surface area contributed by atoms with Gasteiger partial charge < -0.3 is 9.64 Å². The van der Waals surface area contributed by atoms with E-state index in [-0.39, 0.29) is 16.6 Å². The first-order valence-corrected chi connectivity index (χ1v) is 7.92. The zero-order valence-electron chi connectivity index (χ0n) is 11.0. The summed E-state index contributed by atoms with van der Waals surface area (Å²) in [6, 6.07) is 7.23. The first-order chi connectivity index (χ1) is 10.1. The van der Waals surface area contributed by atoms with Gasteiger partial charge in [-0.3, -0.25) is 9.59 Å². The van der Waals surface area contributed by atoms with Gasteiger partial charge >= 0.3 is 0 Å². The Balaban J connectivity index is 1.96. The Morgan fingerprint density at radius 3 is 2.43 bits per heavy atom. The lowest BCUT2D eigenvalue weighted by Crippen LogP contribution is -2.40. The maximum Gasteiger partial charge on any atom is 0.283 e. The van der Waals surface area contributed by atoms with Crippen LogP contribution in [-0.4, -0.2) is 43.0 Å². The summed E-state index contributed by atoms with van der Waals surface area (Å²) in [6.45, 7) is 2.17. The molecule has 1 saturated heterocycles. The van der Waals surface area contributed by atoms with Crippen molar-refractivity contribution >= 4 is 51.7 Å². The summed E-state index contributed by atoms with van der Waals surface area (Å²) in [6.07, 6.45) is 0. The molecule has 0 radical (unpaired) electrons. The fourth-order valence-electron chi connectivity index (χ4n) is 2.40. The fourth-order valence-corrected chi connectivity index (χ4v) is 3.32. The van der Waals surface area contributed by atoms with Crippen LogP contribution in [0.5, 0.6) is 0 Å². The van der Waals surface area contributed by atoms with E-state index in [1.165, 1.54) is 0 Å². The number of imide groups is 1. The second-order valence-corrected chi connectivity index (χ2v) is 6.20. The van der Waals surface area contributed by atoms with Gasteiger partial charge in [0.2, 0.25) is 0 Å². The van der Waals surface area contributed by atoms with E-state index in [1.54, 1.807) is 12.1 Å². The summed E-state index contributed by atoms with van der Waals surface area (Å²) in [4.78, 5) is 28.0. The lowest BCUT2D eigenvalue weighted by molar-refractivity contribution is -0.121. The molecule has 0 aliphatic carbocycles. The van der Waals surface area contributed by atoms with E-state index < -0.39 is 5.91 Å². The molecule has 0 unspecified atom stereocenters. The van der Waals surface area contributed by atoms with Crippen LogP contribution in [-0.2, 0) is 14.3 Å². The Labute approximate surface area is 140 Å². The van der Waals surface area contributed by atoms with Crippen molar-refractivity contribution in [1.29, 1.82) is 0 Å². The van der Waals surface area contributed by atoms with Gasteiger partial charge in [-0.05, 0) is 34.7 Å². The zero-order valence-corrected chi connectivity index (χ0v) is 13.9. The molecule has 2 amide bonds. The maximum absolute atomic E-state index is 12.7. The number of hydrogen-bond acceptors (Lipinski definition) is 4. The zero-order chi connectivity index (χ0) is 15.0. The lowest BCUT2D eigenvalue weighted by atomic mass is 10.3. The second-order valence-electron chi connectivity index (χ2n) is 4.66. The highest BCUT2D eigenvalue weighted by Crippen LogP contribution is 2.33. The number of rotatable bonds is 2. The first-order valence-electron chi connectivity index (χ1n) is 6.47. The number of anilines is 1. The predicted octanol–water partition coefficient (Wildman–Crippen LogP) is 1.95. The third-order valence-corrected chi connectivity index (χ3v) is 4.68. The smallest absolute Gasteiger partial charge is 0.283 e. The van der Waals surface area contributed by atoms with Crippen LogP contribution < -0.4 is 4.90 Å². The summed E-state index contributed by atoms with van der Waals surface area (Å²) < 4.78 is 6.09. The molecule has 0 N–H and O–H groups in total. The fraction of sp³-hybridized carbons (Fsp3) is 0.286. The molecule has 21 heavy (non-hydrogen) atoms. The molecule has 0 atom stereocenters. The highest BCUT2D eigenvalue weighted by Gasteiger charge is 2.42. The van der Waals surface area contributed by atoms with E-state index in [0.29, 0.717) is 32.0 Å². The Morgan fingerprint density at radius 2 is 1.76 bits per heavy atom. The molecular formula is C14H12ClIN2O3. The van der Waals surface area contributed by atoms with E-state index in [9.17, 15) is 9.59 Å².